The standard InChI is InChI=1S/C12H25NO2S/c1-2-16(15)9-8-13-10-12(11-14)6-4-3-5-7-12/h13-14H,2-11H2,1H3. The van der Waals surface area contributed by atoms with Gasteiger partial charge in [0.15, 0.2) is 0 Å². The molecule has 1 unspecified atom stereocenters. The van der Waals surface area contributed by atoms with Crippen molar-refractivity contribution in [1.82, 2.24) is 5.32 Å². The van der Waals surface area contributed by atoms with Crippen LogP contribution in [0.3, 0.4) is 0 Å². The fourth-order valence-electron chi connectivity index (χ4n) is 2.38. The van der Waals surface area contributed by atoms with Gasteiger partial charge in [0.25, 0.3) is 0 Å². The molecule has 3 nitrogen and oxygen atoms in total. The molecule has 96 valence electrons. The van der Waals surface area contributed by atoms with Gasteiger partial charge < -0.3 is 10.4 Å². The Bertz CT molecular complexity index is 215. The van der Waals surface area contributed by atoms with Crippen molar-refractivity contribution >= 4 is 10.8 Å². The maximum absolute atomic E-state index is 11.2. The van der Waals surface area contributed by atoms with Crippen LogP contribution in [0.15, 0.2) is 0 Å². The molecule has 0 bridgehead atoms. The molecule has 0 radical (unpaired) electrons. The Morgan fingerprint density at radius 2 is 2.00 bits per heavy atom. The first-order chi connectivity index (χ1) is 7.72. The van der Waals surface area contributed by atoms with Crippen LogP contribution in [0.2, 0.25) is 0 Å². The molecule has 0 saturated heterocycles. The molecule has 0 spiro atoms. The normalized spacial score (nSPS) is 21.9. The van der Waals surface area contributed by atoms with Crippen molar-refractivity contribution in [2.75, 3.05) is 31.2 Å². The lowest BCUT2D eigenvalue weighted by Gasteiger charge is -2.35. The molecule has 2 N–H and O–H groups in total. The van der Waals surface area contributed by atoms with E-state index in [9.17, 15) is 9.32 Å². The number of hydrogen-bond donors (Lipinski definition) is 2. The van der Waals surface area contributed by atoms with Crippen molar-refractivity contribution in [2.45, 2.75) is 39.0 Å². The molecular weight excluding hydrogens is 222 g/mol. The highest BCUT2D eigenvalue weighted by molar-refractivity contribution is 7.84. The molecule has 1 rings (SSSR count). The van der Waals surface area contributed by atoms with Gasteiger partial charge >= 0.3 is 0 Å². The summed E-state index contributed by atoms with van der Waals surface area (Å²) in [6.07, 6.45) is 6.05. The molecule has 4 heteroatoms. The maximum Gasteiger partial charge on any atom is 0.0499 e. The third-order valence-corrected chi connectivity index (χ3v) is 4.88. The minimum absolute atomic E-state index is 0.103. The van der Waals surface area contributed by atoms with Gasteiger partial charge in [-0.05, 0) is 12.8 Å². The predicted octanol–water partition coefficient (Wildman–Crippen LogP) is 1.29. The van der Waals surface area contributed by atoms with E-state index >= 15 is 0 Å². The first-order valence-corrected chi connectivity index (χ1v) is 7.88. The molecule has 0 heterocycles. The Hall–Kier alpha value is 0.0700. The molecule has 0 amide bonds. The van der Waals surface area contributed by atoms with Gasteiger partial charge in [0.2, 0.25) is 0 Å². The van der Waals surface area contributed by atoms with Gasteiger partial charge in [0.1, 0.15) is 0 Å². The van der Waals surface area contributed by atoms with Crippen LogP contribution in [0.1, 0.15) is 39.0 Å². The van der Waals surface area contributed by atoms with Crippen molar-refractivity contribution in [3.8, 4) is 0 Å². The van der Waals surface area contributed by atoms with Gasteiger partial charge in [-0.3, -0.25) is 4.21 Å². The smallest absolute Gasteiger partial charge is 0.0499 e. The molecule has 0 aliphatic heterocycles. The quantitative estimate of drug-likeness (QED) is 0.667. The summed E-state index contributed by atoms with van der Waals surface area (Å²) in [5, 5.41) is 12.9. The minimum atomic E-state index is -0.674. The molecule has 1 fully saturated rings. The van der Waals surface area contributed by atoms with E-state index in [0.29, 0.717) is 0 Å². The fourth-order valence-corrected chi connectivity index (χ4v) is 3.04. The summed E-state index contributed by atoms with van der Waals surface area (Å²) in [5.74, 6) is 1.48. The Morgan fingerprint density at radius 3 is 2.56 bits per heavy atom. The van der Waals surface area contributed by atoms with Gasteiger partial charge in [0.05, 0.1) is 0 Å². The third kappa shape index (κ3) is 4.52. The van der Waals surface area contributed by atoms with E-state index in [2.05, 4.69) is 5.32 Å². The third-order valence-electron chi connectivity index (χ3n) is 3.58. The first-order valence-electron chi connectivity index (χ1n) is 6.39. The van der Waals surface area contributed by atoms with Crippen LogP contribution in [0.4, 0.5) is 0 Å². The maximum atomic E-state index is 11.2. The number of hydrogen-bond acceptors (Lipinski definition) is 3. The second-order valence-corrected chi connectivity index (χ2v) is 6.69. The lowest BCUT2D eigenvalue weighted by Crippen LogP contribution is -2.40. The molecule has 16 heavy (non-hydrogen) atoms. The summed E-state index contributed by atoms with van der Waals surface area (Å²) in [6, 6.07) is 0. The fraction of sp³-hybridized carbons (Fsp3) is 1.00. The van der Waals surface area contributed by atoms with Crippen molar-refractivity contribution in [1.29, 1.82) is 0 Å². The van der Waals surface area contributed by atoms with Crippen LogP contribution >= 0.6 is 0 Å². The van der Waals surface area contributed by atoms with Crippen molar-refractivity contribution in [3.63, 3.8) is 0 Å². The van der Waals surface area contributed by atoms with Crippen LogP contribution in [0.25, 0.3) is 0 Å². The van der Waals surface area contributed by atoms with Crippen LogP contribution in [-0.4, -0.2) is 40.5 Å². The van der Waals surface area contributed by atoms with Crippen LogP contribution in [0, 0.1) is 5.41 Å². The second-order valence-electron chi connectivity index (χ2n) is 4.83. The van der Waals surface area contributed by atoms with E-state index in [-0.39, 0.29) is 12.0 Å². The number of aliphatic hydroxyl groups excluding tert-OH is 1. The van der Waals surface area contributed by atoms with Crippen LogP contribution in [0.5, 0.6) is 0 Å². The molecule has 0 aromatic heterocycles. The summed E-state index contributed by atoms with van der Waals surface area (Å²) in [5.41, 5.74) is 0.103. The van der Waals surface area contributed by atoms with Crippen LogP contribution in [-0.2, 0) is 10.8 Å². The zero-order chi connectivity index (χ0) is 11.9. The van der Waals surface area contributed by atoms with Gasteiger partial charge in [-0.25, -0.2) is 0 Å². The number of nitrogens with one attached hydrogen (secondary N) is 1. The summed E-state index contributed by atoms with van der Waals surface area (Å²) in [4.78, 5) is 0. The summed E-state index contributed by atoms with van der Waals surface area (Å²) < 4.78 is 11.2. The highest BCUT2D eigenvalue weighted by atomic mass is 32.2. The first kappa shape index (κ1) is 14.1. The highest BCUT2D eigenvalue weighted by Gasteiger charge is 2.30. The SMILES string of the molecule is CCS(=O)CCNCC1(CO)CCCCC1. The molecule has 1 atom stereocenters. The predicted molar refractivity (Wildman–Crippen MR) is 69.0 cm³/mol. The van der Waals surface area contributed by atoms with Crippen LogP contribution < -0.4 is 5.32 Å². The van der Waals surface area contributed by atoms with Gasteiger partial charge in [0, 0.05) is 47.4 Å². The Balaban J connectivity index is 2.20. The van der Waals surface area contributed by atoms with Gasteiger partial charge in [-0.2, -0.15) is 0 Å². The zero-order valence-corrected chi connectivity index (χ0v) is 11.2. The Kier molecular flexibility index (Phi) is 6.54. The topological polar surface area (TPSA) is 49.3 Å². The average Bonchev–Trinajstić information content (AvgIpc) is 2.35. The Morgan fingerprint density at radius 1 is 1.31 bits per heavy atom. The zero-order valence-electron chi connectivity index (χ0n) is 10.3. The summed E-state index contributed by atoms with van der Waals surface area (Å²) >= 11 is 0. The molecule has 1 aliphatic carbocycles. The minimum Gasteiger partial charge on any atom is -0.396 e. The van der Waals surface area contributed by atoms with E-state index in [4.69, 9.17) is 0 Å². The largest absolute Gasteiger partial charge is 0.396 e. The van der Waals surface area contributed by atoms with E-state index in [0.717, 1.165) is 37.4 Å². The second kappa shape index (κ2) is 7.41. The lowest BCUT2D eigenvalue weighted by molar-refractivity contribution is 0.0820. The van der Waals surface area contributed by atoms with Crippen molar-refractivity contribution < 1.29 is 9.32 Å². The lowest BCUT2D eigenvalue weighted by atomic mass is 9.74. The highest BCUT2D eigenvalue weighted by Crippen LogP contribution is 2.35. The van der Waals surface area contributed by atoms with Gasteiger partial charge in [-0.15, -0.1) is 0 Å². The summed E-state index contributed by atoms with van der Waals surface area (Å²) in [7, 11) is -0.674. The molecule has 1 saturated carbocycles. The van der Waals surface area contributed by atoms with E-state index in [1.165, 1.54) is 19.3 Å². The number of aliphatic hydroxyl groups is 1. The molecular formula is C12H25NO2S. The number of rotatable bonds is 7. The molecule has 0 aromatic carbocycles. The van der Waals surface area contributed by atoms with E-state index in [1.54, 1.807) is 0 Å². The van der Waals surface area contributed by atoms with E-state index < -0.39 is 10.8 Å². The Labute approximate surface area is 101 Å². The van der Waals surface area contributed by atoms with E-state index in [1.807, 2.05) is 6.92 Å². The van der Waals surface area contributed by atoms with Crippen molar-refractivity contribution in [2.24, 2.45) is 5.41 Å². The summed E-state index contributed by atoms with van der Waals surface area (Å²) in [6.45, 7) is 3.93. The monoisotopic (exact) mass is 247 g/mol. The molecule has 1 aliphatic rings. The van der Waals surface area contributed by atoms with Crippen molar-refractivity contribution in [3.05, 3.63) is 0 Å². The average molecular weight is 247 g/mol. The molecule has 0 aromatic rings. The van der Waals surface area contributed by atoms with Gasteiger partial charge in [-0.1, -0.05) is 26.2 Å².